The number of hydrogen-bond acceptors (Lipinski definition) is 3. The van der Waals surface area contributed by atoms with Crippen molar-refractivity contribution in [2.24, 2.45) is 11.1 Å². The fourth-order valence-corrected chi connectivity index (χ4v) is 4.24. The van der Waals surface area contributed by atoms with Crippen LogP contribution in [0.15, 0.2) is 30.3 Å². The number of piperidine rings is 1. The smallest absolute Gasteiger partial charge is 0.481 e. The van der Waals surface area contributed by atoms with Gasteiger partial charge in [0.2, 0.25) is 0 Å². The van der Waals surface area contributed by atoms with Gasteiger partial charge >= 0.3 is 12.1 Å². The van der Waals surface area contributed by atoms with Crippen LogP contribution in [0.25, 0.3) is 0 Å². The molecule has 2 rings (SSSR count). The van der Waals surface area contributed by atoms with Crippen molar-refractivity contribution in [2.45, 2.75) is 45.1 Å². The minimum atomic E-state index is -1.03. The Kier molecular flexibility index (Phi) is 5.25. The summed E-state index contributed by atoms with van der Waals surface area (Å²) in [7, 11) is 0. The number of quaternary nitrogens is 1. The number of carbonyl (C=O) groups is 2. The Hall–Kier alpha value is -1.92. The van der Waals surface area contributed by atoms with Gasteiger partial charge in [0.05, 0.1) is 18.5 Å². The maximum absolute atomic E-state index is 12.3. The summed E-state index contributed by atoms with van der Waals surface area (Å²) in [5, 5.41) is 19.9. The first kappa shape index (κ1) is 19.4. The molecule has 1 unspecified atom stereocenters. The Morgan fingerprint density at radius 3 is 2.04 bits per heavy atom. The zero-order chi connectivity index (χ0) is 18.9. The highest BCUT2D eigenvalue weighted by molar-refractivity contribution is 5.76. The molecule has 1 aliphatic heterocycles. The van der Waals surface area contributed by atoms with Gasteiger partial charge in [-0.1, -0.05) is 30.3 Å². The predicted octanol–water partition coefficient (Wildman–Crippen LogP) is 2.89. The monoisotopic (exact) mass is 349 g/mol. The fourth-order valence-electron chi connectivity index (χ4n) is 4.24. The zero-order valence-electron chi connectivity index (χ0n) is 15.2. The van der Waals surface area contributed by atoms with E-state index in [1.807, 2.05) is 51.1 Å². The lowest BCUT2D eigenvalue weighted by Crippen LogP contribution is -2.68. The third kappa shape index (κ3) is 3.16. The highest BCUT2D eigenvalue weighted by Gasteiger charge is 2.58. The van der Waals surface area contributed by atoms with Crippen LogP contribution in [-0.2, 0) is 4.79 Å². The number of nitrogens with two attached hydrogens (primary N) is 1. The SMILES string of the molecule is CC(C)(C)[N+]1(C(=O)O)CCC(C(=O)O)(C(CN)c2ccccc2)CC1. The summed E-state index contributed by atoms with van der Waals surface area (Å²) in [4.78, 5) is 24.3. The van der Waals surface area contributed by atoms with Gasteiger partial charge in [0, 0.05) is 25.3 Å². The Bertz CT molecular complexity index is 629. The van der Waals surface area contributed by atoms with Gasteiger partial charge in [-0.2, -0.15) is 4.79 Å². The summed E-state index contributed by atoms with van der Waals surface area (Å²) < 4.78 is -0.117. The van der Waals surface area contributed by atoms with Crippen molar-refractivity contribution in [1.82, 2.24) is 0 Å². The zero-order valence-corrected chi connectivity index (χ0v) is 15.2. The van der Waals surface area contributed by atoms with Crippen LogP contribution in [0, 0.1) is 5.41 Å². The molecule has 0 bridgehead atoms. The molecule has 1 aliphatic rings. The van der Waals surface area contributed by atoms with Crippen molar-refractivity contribution in [1.29, 1.82) is 0 Å². The number of amides is 1. The van der Waals surface area contributed by atoms with E-state index >= 15 is 0 Å². The van der Waals surface area contributed by atoms with E-state index in [0.717, 1.165) is 5.56 Å². The van der Waals surface area contributed by atoms with E-state index in [1.54, 1.807) is 0 Å². The molecule has 1 fully saturated rings. The number of aliphatic carboxylic acids is 1. The van der Waals surface area contributed by atoms with E-state index < -0.39 is 23.0 Å². The van der Waals surface area contributed by atoms with Gasteiger partial charge in [-0.05, 0) is 26.3 Å². The average Bonchev–Trinajstić information content (AvgIpc) is 2.55. The van der Waals surface area contributed by atoms with Crippen LogP contribution in [0.2, 0.25) is 0 Å². The Balaban J connectivity index is 2.42. The van der Waals surface area contributed by atoms with Crippen molar-refractivity contribution >= 4 is 12.1 Å². The van der Waals surface area contributed by atoms with Gasteiger partial charge in [-0.25, -0.2) is 4.48 Å². The second-order valence-electron chi connectivity index (χ2n) is 8.03. The molecule has 1 saturated heterocycles. The van der Waals surface area contributed by atoms with E-state index in [1.165, 1.54) is 0 Å². The molecule has 0 radical (unpaired) electrons. The lowest BCUT2D eigenvalue weighted by molar-refractivity contribution is -0.909. The highest BCUT2D eigenvalue weighted by Crippen LogP contribution is 2.47. The van der Waals surface area contributed by atoms with Crippen LogP contribution in [-0.4, -0.2) is 51.9 Å². The summed E-state index contributed by atoms with van der Waals surface area (Å²) in [6, 6.07) is 9.45. The summed E-state index contributed by atoms with van der Waals surface area (Å²) in [6.45, 7) is 6.48. The average molecular weight is 349 g/mol. The molecule has 6 nitrogen and oxygen atoms in total. The fraction of sp³-hybridized carbons (Fsp3) is 0.579. The van der Waals surface area contributed by atoms with Crippen LogP contribution in [0.3, 0.4) is 0 Å². The first-order chi connectivity index (χ1) is 11.6. The quantitative estimate of drug-likeness (QED) is 0.726. The van der Waals surface area contributed by atoms with Crippen molar-refractivity contribution in [3.8, 4) is 0 Å². The number of rotatable bonds is 4. The van der Waals surface area contributed by atoms with Gasteiger partial charge in [-0.3, -0.25) is 4.79 Å². The topological polar surface area (TPSA) is 101 Å². The van der Waals surface area contributed by atoms with E-state index in [4.69, 9.17) is 5.73 Å². The number of likely N-dealkylation sites (tertiary alicyclic amines) is 1. The first-order valence-electron chi connectivity index (χ1n) is 8.70. The summed E-state index contributed by atoms with van der Waals surface area (Å²) >= 11 is 0. The number of carboxylic acid groups (broad SMARTS) is 2. The Morgan fingerprint density at radius 1 is 1.16 bits per heavy atom. The number of hydrogen-bond donors (Lipinski definition) is 3. The van der Waals surface area contributed by atoms with Crippen LogP contribution in [0.4, 0.5) is 4.79 Å². The Labute approximate surface area is 148 Å². The van der Waals surface area contributed by atoms with Crippen LogP contribution in [0.5, 0.6) is 0 Å². The number of benzene rings is 1. The first-order valence-corrected chi connectivity index (χ1v) is 8.70. The summed E-state index contributed by atoms with van der Waals surface area (Å²) in [6.07, 6.45) is -0.304. The highest BCUT2D eigenvalue weighted by atomic mass is 16.4. The molecule has 6 heteroatoms. The molecule has 1 amide bonds. The minimum absolute atomic E-state index is 0.117. The Morgan fingerprint density at radius 2 is 1.68 bits per heavy atom. The molecule has 25 heavy (non-hydrogen) atoms. The van der Waals surface area contributed by atoms with E-state index in [0.29, 0.717) is 12.8 Å². The lowest BCUT2D eigenvalue weighted by Gasteiger charge is -2.51. The molecule has 138 valence electrons. The molecular weight excluding hydrogens is 320 g/mol. The summed E-state index contributed by atoms with van der Waals surface area (Å²) in [5.74, 6) is -1.22. The van der Waals surface area contributed by atoms with Crippen molar-refractivity contribution in [3.05, 3.63) is 35.9 Å². The van der Waals surface area contributed by atoms with Gasteiger partial charge < -0.3 is 15.9 Å². The second kappa shape index (κ2) is 6.77. The third-order valence-electron chi connectivity index (χ3n) is 6.06. The van der Waals surface area contributed by atoms with Gasteiger partial charge in [0.15, 0.2) is 0 Å². The van der Waals surface area contributed by atoms with Crippen LogP contribution >= 0.6 is 0 Å². The van der Waals surface area contributed by atoms with Crippen LogP contribution < -0.4 is 5.73 Å². The van der Waals surface area contributed by atoms with Crippen molar-refractivity contribution in [2.75, 3.05) is 19.6 Å². The second-order valence-corrected chi connectivity index (χ2v) is 8.03. The largest absolute Gasteiger partial charge is 0.513 e. The maximum Gasteiger partial charge on any atom is 0.513 e. The molecule has 0 saturated carbocycles. The lowest BCUT2D eigenvalue weighted by atomic mass is 9.65. The maximum atomic E-state index is 12.3. The van der Waals surface area contributed by atoms with E-state index in [9.17, 15) is 19.8 Å². The third-order valence-corrected chi connectivity index (χ3v) is 6.06. The normalized spacial score (nSPS) is 28.3. The molecule has 1 aromatic rings. The molecule has 0 spiro atoms. The van der Waals surface area contributed by atoms with Crippen LogP contribution in [0.1, 0.15) is 45.1 Å². The van der Waals surface area contributed by atoms with Gasteiger partial charge in [0.25, 0.3) is 0 Å². The molecule has 1 atom stereocenters. The van der Waals surface area contributed by atoms with Crippen molar-refractivity contribution < 1.29 is 24.3 Å². The van der Waals surface area contributed by atoms with Gasteiger partial charge in [-0.15, -0.1) is 0 Å². The molecular formula is C19H29N2O4+. The van der Waals surface area contributed by atoms with E-state index in [-0.39, 0.29) is 30.0 Å². The molecule has 1 aromatic carbocycles. The van der Waals surface area contributed by atoms with Crippen molar-refractivity contribution in [3.63, 3.8) is 0 Å². The molecule has 0 aliphatic carbocycles. The number of carboxylic acids is 1. The minimum Gasteiger partial charge on any atom is -0.481 e. The van der Waals surface area contributed by atoms with E-state index in [2.05, 4.69) is 0 Å². The summed E-state index contributed by atoms with van der Waals surface area (Å²) in [5.41, 5.74) is 5.36. The number of nitrogens with zero attached hydrogens (tertiary/aromatic N) is 1. The van der Waals surface area contributed by atoms with Gasteiger partial charge in [0.1, 0.15) is 5.54 Å². The predicted molar refractivity (Wildman–Crippen MR) is 95.3 cm³/mol. The standard InChI is InChI=1S/C19H28N2O4/c1-18(2,3)21(17(24)25)11-9-19(10-12-21,16(22)23)15(13-20)14-7-5-4-6-8-14/h4-8,15H,9-13,20H2,1-3H3,(H-,22,23,24,25)/p+1. The molecule has 4 N–H and O–H groups in total. The molecule has 0 aromatic heterocycles. The molecule has 1 heterocycles.